The summed E-state index contributed by atoms with van der Waals surface area (Å²) in [5.41, 5.74) is -1.34. The van der Waals surface area contributed by atoms with Crippen LogP contribution in [0.1, 0.15) is 12.5 Å². The number of carboxylic acids is 1. The van der Waals surface area contributed by atoms with Crippen LogP contribution in [0.25, 0.3) is 0 Å². The van der Waals surface area contributed by atoms with Crippen molar-refractivity contribution >= 4 is 5.97 Å². The number of rotatable bonds is 5. The molecule has 0 aliphatic rings. The molecule has 0 heterocycles. The zero-order valence-corrected chi connectivity index (χ0v) is 9.34. The normalized spacial score (nSPS) is 14.1. The molecule has 0 spiro atoms. The van der Waals surface area contributed by atoms with Crippen molar-refractivity contribution in [1.29, 1.82) is 0 Å². The van der Waals surface area contributed by atoms with E-state index < -0.39 is 23.1 Å². The first kappa shape index (κ1) is 13.3. The Bertz CT molecular complexity index is 448. The van der Waals surface area contributed by atoms with Gasteiger partial charge in [-0.15, -0.1) is 6.58 Å². The van der Waals surface area contributed by atoms with Crippen molar-refractivity contribution < 1.29 is 18.7 Å². The zero-order valence-electron chi connectivity index (χ0n) is 9.34. The number of benzene rings is 1. The van der Waals surface area contributed by atoms with Gasteiger partial charge in [-0.05, 0) is 24.6 Å². The SMILES string of the molecule is C=CCNC(C)(C(=O)O)c1ccc(F)c(F)c1. The first-order valence-corrected chi connectivity index (χ1v) is 4.96. The summed E-state index contributed by atoms with van der Waals surface area (Å²) in [5.74, 6) is -3.26. The van der Waals surface area contributed by atoms with E-state index in [0.717, 1.165) is 12.1 Å². The van der Waals surface area contributed by atoms with E-state index in [4.69, 9.17) is 5.11 Å². The number of hydrogen-bond donors (Lipinski definition) is 2. The van der Waals surface area contributed by atoms with E-state index in [1.165, 1.54) is 19.1 Å². The molecule has 17 heavy (non-hydrogen) atoms. The third kappa shape index (κ3) is 2.68. The molecule has 0 bridgehead atoms. The standard InChI is InChI=1S/C12H13F2NO2/c1-3-6-15-12(2,11(16)17)8-4-5-9(13)10(14)7-8/h3-5,7,15H,1,6H2,2H3,(H,16,17). The summed E-state index contributed by atoms with van der Waals surface area (Å²) in [7, 11) is 0. The molecule has 92 valence electrons. The Hall–Kier alpha value is -1.75. The summed E-state index contributed by atoms with van der Waals surface area (Å²) in [4.78, 5) is 11.2. The predicted octanol–water partition coefficient (Wildman–Crippen LogP) is 2.04. The molecule has 1 aromatic carbocycles. The fourth-order valence-corrected chi connectivity index (χ4v) is 1.38. The minimum atomic E-state index is -1.48. The van der Waals surface area contributed by atoms with Crippen LogP contribution < -0.4 is 5.32 Å². The average Bonchev–Trinajstić information content (AvgIpc) is 2.29. The number of halogens is 2. The molecule has 0 aromatic heterocycles. The van der Waals surface area contributed by atoms with Gasteiger partial charge in [0.1, 0.15) is 5.54 Å². The Balaban J connectivity index is 3.17. The third-order valence-electron chi connectivity index (χ3n) is 2.52. The maximum Gasteiger partial charge on any atom is 0.328 e. The lowest BCUT2D eigenvalue weighted by molar-refractivity contribution is -0.144. The molecule has 0 radical (unpaired) electrons. The highest BCUT2D eigenvalue weighted by Crippen LogP contribution is 2.23. The number of carboxylic acid groups (broad SMARTS) is 1. The highest BCUT2D eigenvalue weighted by atomic mass is 19.2. The van der Waals surface area contributed by atoms with Crippen LogP contribution in [-0.4, -0.2) is 17.6 Å². The van der Waals surface area contributed by atoms with Crippen LogP contribution in [-0.2, 0) is 10.3 Å². The second kappa shape index (κ2) is 5.05. The van der Waals surface area contributed by atoms with Crippen LogP contribution >= 0.6 is 0 Å². The van der Waals surface area contributed by atoms with Crippen molar-refractivity contribution in [3.63, 3.8) is 0 Å². The van der Waals surface area contributed by atoms with Gasteiger partial charge in [-0.25, -0.2) is 13.6 Å². The van der Waals surface area contributed by atoms with Crippen LogP contribution in [0.3, 0.4) is 0 Å². The van der Waals surface area contributed by atoms with Crippen molar-refractivity contribution in [2.75, 3.05) is 6.54 Å². The Labute approximate surface area is 97.8 Å². The van der Waals surface area contributed by atoms with Crippen LogP contribution in [0, 0.1) is 11.6 Å². The molecule has 0 saturated heterocycles. The maximum atomic E-state index is 13.1. The van der Waals surface area contributed by atoms with Gasteiger partial charge in [0.2, 0.25) is 0 Å². The van der Waals surface area contributed by atoms with Crippen molar-refractivity contribution in [3.05, 3.63) is 48.1 Å². The molecule has 5 heteroatoms. The van der Waals surface area contributed by atoms with Gasteiger partial charge in [-0.3, -0.25) is 5.32 Å². The minimum Gasteiger partial charge on any atom is -0.480 e. The van der Waals surface area contributed by atoms with E-state index >= 15 is 0 Å². The number of hydrogen-bond acceptors (Lipinski definition) is 2. The number of aliphatic carboxylic acids is 1. The number of nitrogens with one attached hydrogen (secondary N) is 1. The lowest BCUT2D eigenvalue weighted by atomic mass is 9.92. The topological polar surface area (TPSA) is 49.3 Å². The van der Waals surface area contributed by atoms with Crippen LogP contribution in [0.15, 0.2) is 30.9 Å². The Morgan fingerprint density at radius 3 is 2.65 bits per heavy atom. The lowest BCUT2D eigenvalue weighted by Crippen LogP contribution is -2.46. The van der Waals surface area contributed by atoms with E-state index in [2.05, 4.69) is 11.9 Å². The molecule has 0 fully saturated rings. The van der Waals surface area contributed by atoms with Gasteiger partial charge in [0.25, 0.3) is 0 Å². The monoisotopic (exact) mass is 241 g/mol. The van der Waals surface area contributed by atoms with Crippen LogP contribution in [0.5, 0.6) is 0 Å². The summed E-state index contributed by atoms with van der Waals surface area (Å²) in [6, 6.07) is 3.02. The average molecular weight is 241 g/mol. The van der Waals surface area contributed by atoms with Crippen molar-refractivity contribution in [2.45, 2.75) is 12.5 Å². The Morgan fingerprint density at radius 2 is 2.18 bits per heavy atom. The fraction of sp³-hybridized carbons (Fsp3) is 0.250. The van der Waals surface area contributed by atoms with Gasteiger partial charge in [-0.1, -0.05) is 12.1 Å². The summed E-state index contributed by atoms with van der Waals surface area (Å²) >= 11 is 0. The molecule has 1 unspecified atom stereocenters. The molecule has 0 amide bonds. The van der Waals surface area contributed by atoms with E-state index in [9.17, 15) is 13.6 Å². The highest BCUT2D eigenvalue weighted by molar-refractivity contribution is 5.80. The second-order valence-corrected chi connectivity index (χ2v) is 3.73. The first-order valence-electron chi connectivity index (χ1n) is 4.96. The van der Waals surface area contributed by atoms with E-state index in [1.54, 1.807) is 0 Å². The third-order valence-corrected chi connectivity index (χ3v) is 2.52. The maximum absolute atomic E-state index is 13.1. The van der Waals surface area contributed by atoms with Gasteiger partial charge >= 0.3 is 5.97 Å². The van der Waals surface area contributed by atoms with Gasteiger partial charge in [-0.2, -0.15) is 0 Å². The second-order valence-electron chi connectivity index (χ2n) is 3.73. The molecule has 0 aliphatic heterocycles. The highest BCUT2D eigenvalue weighted by Gasteiger charge is 2.34. The van der Waals surface area contributed by atoms with E-state index in [-0.39, 0.29) is 12.1 Å². The molecule has 0 aliphatic carbocycles. The lowest BCUT2D eigenvalue weighted by Gasteiger charge is -2.26. The van der Waals surface area contributed by atoms with Crippen molar-refractivity contribution in [2.24, 2.45) is 0 Å². The predicted molar refractivity (Wildman–Crippen MR) is 59.5 cm³/mol. The first-order chi connectivity index (χ1) is 7.91. The smallest absolute Gasteiger partial charge is 0.328 e. The fourth-order valence-electron chi connectivity index (χ4n) is 1.38. The van der Waals surface area contributed by atoms with Crippen LogP contribution in [0.2, 0.25) is 0 Å². The minimum absolute atomic E-state index is 0.144. The molecular formula is C12H13F2NO2. The molecule has 1 rings (SSSR count). The number of carbonyl (C=O) groups is 1. The molecule has 2 N–H and O–H groups in total. The summed E-state index contributed by atoms with van der Waals surface area (Å²) in [5, 5.41) is 11.9. The van der Waals surface area contributed by atoms with Crippen LogP contribution in [0.4, 0.5) is 8.78 Å². The summed E-state index contributed by atoms with van der Waals surface area (Å²) in [6.45, 7) is 5.08. The van der Waals surface area contributed by atoms with E-state index in [1.807, 2.05) is 0 Å². The molecule has 1 aromatic rings. The Kier molecular flexibility index (Phi) is 3.96. The van der Waals surface area contributed by atoms with Gasteiger partial charge in [0, 0.05) is 6.54 Å². The van der Waals surface area contributed by atoms with Gasteiger partial charge < -0.3 is 5.11 Å². The zero-order chi connectivity index (χ0) is 13.1. The Morgan fingerprint density at radius 1 is 1.53 bits per heavy atom. The quantitative estimate of drug-likeness (QED) is 0.775. The van der Waals surface area contributed by atoms with Gasteiger partial charge in [0.05, 0.1) is 0 Å². The summed E-state index contributed by atoms with van der Waals surface area (Å²) in [6.07, 6.45) is 1.49. The molecule has 3 nitrogen and oxygen atoms in total. The molecular weight excluding hydrogens is 228 g/mol. The van der Waals surface area contributed by atoms with Crippen molar-refractivity contribution in [3.8, 4) is 0 Å². The molecule has 1 atom stereocenters. The summed E-state index contributed by atoms with van der Waals surface area (Å²) < 4.78 is 25.9. The van der Waals surface area contributed by atoms with Crippen molar-refractivity contribution in [1.82, 2.24) is 5.32 Å². The molecule has 0 saturated carbocycles. The van der Waals surface area contributed by atoms with E-state index in [0.29, 0.717) is 0 Å². The van der Waals surface area contributed by atoms with Gasteiger partial charge in [0.15, 0.2) is 11.6 Å². The largest absolute Gasteiger partial charge is 0.480 e.